The van der Waals surface area contributed by atoms with E-state index in [1.807, 2.05) is 12.4 Å². The van der Waals surface area contributed by atoms with Crippen LogP contribution in [0.1, 0.15) is 33.0 Å². The maximum atomic E-state index is 4.43. The largest absolute Gasteiger partial charge is 0.337 e. The molecule has 0 bridgehead atoms. The number of nitrogens with zero attached hydrogens (tertiary/aromatic N) is 3. The van der Waals surface area contributed by atoms with Crippen molar-refractivity contribution in [3.05, 3.63) is 18.2 Å². The van der Waals surface area contributed by atoms with Crippen molar-refractivity contribution >= 4 is 0 Å². The second kappa shape index (κ2) is 4.78. The summed E-state index contributed by atoms with van der Waals surface area (Å²) < 4.78 is 2.11. The Morgan fingerprint density at radius 1 is 1.53 bits per heavy atom. The molecule has 0 radical (unpaired) electrons. The van der Waals surface area contributed by atoms with Crippen molar-refractivity contribution in [1.29, 1.82) is 0 Å². The number of rotatable bonds is 3. The molecule has 1 aromatic rings. The summed E-state index contributed by atoms with van der Waals surface area (Å²) in [6.07, 6.45) is 5.08. The van der Waals surface area contributed by atoms with E-state index in [9.17, 15) is 0 Å². The average molecular weight is 236 g/mol. The summed E-state index contributed by atoms with van der Waals surface area (Å²) in [6, 6.07) is 0.625. The van der Waals surface area contributed by atoms with Gasteiger partial charge in [-0.1, -0.05) is 6.92 Å². The first-order valence-electron chi connectivity index (χ1n) is 6.47. The standard InChI is InChI=1S/C13H24N4/c1-5-11-8-15-13(2,3)10-17(11)9-12-14-6-7-16(12)4/h6-7,11,15H,5,8-10H2,1-4H3. The summed E-state index contributed by atoms with van der Waals surface area (Å²) in [7, 11) is 2.07. The molecular weight excluding hydrogens is 212 g/mol. The summed E-state index contributed by atoms with van der Waals surface area (Å²) in [6.45, 7) is 9.91. The van der Waals surface area contributed by atoms with Crippen molar-refractivity contribution in [2.45, 2.75) is 45.3 Å². The molecule has 0 amide bonds. The van der Waals surface area contributed by atoms with Gasteiger partial charge in [0, 0.05) is 44.1 Å². The van der Waals surface area contributed by atoms with Crippen LogP contribution in [0.3, 0.4) is 0 Å². The molecule has 96 valence electrons. The van der Waals surface area contributed by atoms with Gasteiger partial charge in [0.15, 0.2) is 0 Å². The molecule has 1 aromatic heterocycles. The highest BCUT2D eigenvalue weighted by molar-refractivity contribution is 4.97. The Labute approximate surface area is 104 Å². The first kappa shape index (κ1) is 12.6. The molecule has 2 heterocycles. The van der Waals surface area contributed by atoms with E-state index in [1.54, 1.807) is 0 Å². The molecule has 4 nitrogen and oxygen atoms in total. The SMILES string of the molecule is CCC1CNC(C)(C)CN1Cc1nccn1C. The number of aryl methyl sites for hydroxylation is 1. The minimum atomic E-state index is 0.205. The third-order valence-electron chi connectivity index (χ3n) is 3.67. The second-order valence-corrected chi connectivity index (χ2v) is 5.69. The summed E-state index contributed by atoms with van der Waals surface area (Å²) in [5.74, 6) is 1.15. The van der Waals surface area contributed by atoms with Crippen LogP contribution >= 0.6 is 0 Å². The van der Waals surface area contributed by atoms with Crippen LogP contribution in [-0.2, 0) is 13.6 Å². The van der Waals surface area contributed by atoms with Crippen molar-refractivity contribution in [1.82, 2.24) is 19.8 Å². The molecule has 1 atom stereocenters. The van der Waals surface area contributed by atoms with Crippen LogP contribution in [0.4, 0.5) is 0 Å². The average Bonchev–Trinajstić information content (AvgIpc) is 2.64. The first-order chi connectivity index (χ1) is 8.02. The third kappa shape index (κ3) is 2.87. The van der Waals surface area contributed by atoms with Crippen LogP contribution in [0.5, 0.6) is 0 Å². The van der Waals surface area contributed by atoms with Crippen molar-refractivity contribution in [3.63, 3.8) is 0 Å². The van der Waals surface area contributed by atoms with Crippen molar-refractivity contribution < 1.29 is 0 Å². The number of nitrogens with one attached hydrogen (secondary N) is 1. The van der Waals surface area contributed by atoms with Gasteiger partial charge in [-0.25, -0.2) is 4.98 Å². The summed E-state index contributed by atoms with van der Waals surface area (Å²) in [5.41, 5.74) is 0.205. The van der Waals surface area contributed by atoms with E-state index in [-0.39, 0.29) is 5.54 Å². The second-order valence-electron chi connectivity index (χ2n) is 5.69. The van der Waals surface area contributed by atoms with Crippen LogP contribution in [0.25, 0.3) is 0 Å². The maximum Gasteiger partial charge on any atom is 0.122 e. The van der Waals surface area contributed by atoms with Gasteiger partial charge in [0.2, 0.25) is 0 Å². The van der Waals surface area contributed by atoms with Crippen molar-refractivity contribution in [2.75, 3.05) is 13.1 Å². The minimum absolute atomic E-state index is 0.205. The molecule has 4 heteroatoms. The first-order valence-corrected chi connectivity index (χ1v) is 6.47. The Balaban J connectivity index is 2.08. The predicted octanol–water partition coefficient (Wildman–Crippen LogP) is 1.38. The fourth-order valence-electron chi connectivity index (χ4n) is 2.53. The highest BCUT2D eigenvalue weighted by Crippen LogP contribution is 2.19. The van der Waals surface area contributed by atoms with E-state index in [4.69, 9.17) is 0 Å². The van der Waals surface area contributed by atoms with Crippen LogP contribution in [0.15, 0.2) is 12.4 Å². The fourth-order valence-corrected chi connectivity index (χ4v) is 2.53. The van der Waals surface area contributed by atoms with E-state index in [1.165, 1.54) is 6.42 Å². The predicted molar refractivity (Wildman–Crippen MR) is 69.8 cm³/mol. The van der Waals surface area contributed by atoms with E-state index >= 15 is 0 Å². The van der Waals surface area contributed by atoms with E-state index in [0.29, 0.717) is 6.04 Å². The van der Waals surface area contributed by atoms with Crippen molar-refractivity contribution in [2.24, 2.45) is 7.05 Å². The molecule has 0 spiro atoms. The topological polar surface area (TPSA) is 33.1 Å². The summed E-state index contributed by atoms with van der Waals surface area (Å²) >= 11 is 0. The van der Waals surface area contributed by atoms with E-state index in [0.717, 1.165) is 25.5 Å². The molecule has 1 fully saturated rings. The lowest BCUT2D eigenvalue weighted by Gasteiger charge is -2.44. The quantitative estimate of drug-likeness (QED) is 0.861. The number of hydrogen-bond acceptors (Lipinski definition) is 3. The lowest BCUT2D eigenvalue weighted by Crippen LogP contribution is -2.61. The number of imidazole rings is 1. The molecule has 0 aromatic carbocycles. The summed E-state index contributed by atoms with van der Waals surface area (Å²) in [5, 5.41) is 3.61. The fraction of sp³-hybridized carbons (Fsp3) is 0.769. The van der Waals surface area contributed by atoms with Gasteiger partial charge >= 0.3 is 0 Å². The Bertz CT molecular complexity index is 369. The van der Waals surface area contributed by atoms with E-state index in [2.05, 4.69) is 47.6 Å². The third-order valence-corrected chi connectivity index (χ3v) is 3.67. The van der Waals surface area contributed by atoms with Gasteiger partial charge < -0.3 is 9.88 Å². The zero-order chi connectivity index (χ0) is 12.5. The normalized spacial score (nSPS) is 25.1. The molecule has 0 aliphatic carbocycles. The zero-order valence-electron chi connectivity index (χ0n) is 11.4. The number of aromatic nitrogens is 2. The zero-order valence-corrected chi connectivity index (χ0v) is 11.4. The minimum Gasteiger partial charge on any atom is -0.337 e. The maximum absolute atomic E-state index is 4.43. The molecule has 1 aliphatic heterocycles. The molecule has 1 N–H and O–H groups in total. The molecule has 1 saturated heterocycles. The molecule has 1 aliphatic rings. The molecule has 0 saturated carbocycles. The van der Waals surface area contributed by atoms with Crippen LogP contribution in [0, 0.1) is 0 Å². The Hall–Kier alpha value is -0.870. The number of piperazine rings is 1. The lowest BCUT2D eigenvalue weighted by molar-refractivity contribution is 0.0826. The van der Waals surface area contributed by atoms with Gasteiger partial charge in [-0.05, 0) is 20.3 Å². The van der Waals surface area contributed by atoms with Gasteiger partial charge in [-0.15, -0.1) is 0 Å². The monoisotopic (exact) mass is 236 g/mol. The Kier molecular flexibility index (Phi) is 3.54. The number of hydrogen-bond donors (Lipinski definition) is 1. The van der Waals surface area contributed by atoms with Gasteiger partial charge in [0.1, 0.15) is 5.82 Å². The van der Waals surface area contributed by atoms with Crippen LogP contribution < -0.4 is 5.32 Å². The van der Waals surface area contributed by atoms with Crippen LogP contribution in [0.2, 0.25) is 0 Å². The van der Waals surface area contributed by atoms with Crippen LogP contribution in [-0.4, -0.2) is 39.1 Å². The Morgan fingerprint density at radius 2 is 2.29 bits per heavy atom. The lowest BCUT2D eigenvalue weighted by atomic mass is 9.97. The van der Waals surface area contributed by atoms with Gasteiger partial charge in [-0.2, -0.15) is 0 Å². The summed E-state index contributed by atoms with van der Waals surface area (Å²) in [4.78, 5) is 6.98. The smallest absolute Gasteiger partial charge is 0.122 e. The molecule has 17 heavy (non-hydrogen) atoms. The molecule has 1 unspecified atom stereocenters. The molecule has 2 rings (SSSR count). The highest BCUT2D eigenvalue weighted by atomic mass is 15.3. The van der Waals surface area contributed by atoms with Gasteiger partial charge in [-0.3, -0.25) is 4.90 Å². The van der Waals surface area contributed by atoms with Gasteiger partial charge in [0.25, 0.3) is 0 Å². The van der Waals surface area contributed by atoms with Crippen molar-refractivity contribution in [3.8, 4) is 0 Å². The molecular formula is C13H24N4. The highest BCUT2D eigenvalue weighted by Gasteiger charge is 2.31. The van der Waals surface area contributed by atoms with Gasteiger partial charge in [0.05, 0.1) is 6.54 Å². The van der Waals surface area contributed by atoms with E-state index < -0.39 is 0 Å². The Morgan fingerprint density at radius 3 is 2.88 bits per heavy atom.